The first kappa shape index (κ1) is 12.5. The number of carbonyl (C=O) groups is 1. The maximum atomic E-state index is 11.1. The van der Waals surface area contributed by atoms with Gasteiger partial charge in [-0.25, -0.2) is 0 Å². The topological polar surface area (TPSA) is 17.1 Å². The summed E-state index contributed by atoms with van der Waals surface area (Å²) in [6, 6.07) is 18.1. The minimum Gasteiger partial charge on any atom is -0.295 e. The van der Waals surface area contributed by atoms with Crippen LogP contribution in [0, 0.1) is 0 Å². The van der Waals surface area contributed by atoms with E-state index in [0.29, 0.717) is 9.52 Å². The van der Waals surface area contributed by atoms with Crippen molar-refractivity contribution in [3.63, 3.8) is 0 Å². The van der Waals surface area contributed by atoms with Gasteiger partial charge >= 0.3 is 0 Å². The predicted octanol–water partition coefficient (Wildman–Crippen LogP) is 2.89. The number of carbonyl (C=O) groups excluding carboxylic acids is 1. The van der Waals surface area contributed by atoms with E-state index >= 15 is 0 Å². The van der Waals surface area contributed by atoms with Gasteiger partial charge in [-0.2, -0.15) is 0 Å². The summed E-state index contributed by atoms with van der Waals surface area (Å²) in [5.74, 6) is 0.108. The van der Waals surface area contributed by atoms with Gasteiger partial charge in [-0.15, -0.1) is 0 Å². The van der Waals surface area contributed by atoms with E-state index in [2.05, 4.69) is 36.0 Å². The van der Waals surface area contributed by atoms with E-state index in [-0.39, 0.29) is 5.78 Å². The van der Waals surface area contributed by atoms with Gasteiger partial charge in [0.05, 0.1) is 0 Å². The Morgan fingerprint density at radius 3 is 2.28 bits per heavy atom. The van der Waals surface area contributed by atoms with E-state index in [1.54, 1.807) is 6.92 Å². The number of benzene rings is 2. The lowest BCUT2D eigenvalue weighted by Gasteiger charge is -1.97. The van der Waals surface area contributed by atoms with Crippen LogP contribution in [0.3, 0.4) is 0 Å². The molecule has 2 aromatic rings. The van der Waals surface area contributed by atoms with Crippen LogP contribution in [-0.2, 0) is 0 Å². The zero-order valence-electron chi connectivity index (χ0n) is 10.3. The Hall–Kier alpha value is -1.93. The SMILES string of the molecule is CC(=O)c1ccc(/C=C/[Si]c2ccccc2)cc1. The smallest absolute Gasteiger partial charge is 0.159 e. The molecule has 0 fully saturated rings. The van der Waals surface area contributed by atoms with Crippen LogP contribution in [0.4, 0.5) is 0 Å². The fourth-order valence-electron chi connectivity index (χ4n) is 1.60. The lowest BCUT2D eigenvalue weighted by atomic mass is 10.1. The third-order valence-corrected chi connectivity index (χ3v) is 3.62. The highest BCUT2D eigenvalue weighted by Crippen LogP contribution is 2.06. The first-order chi connectivity index (χ1) is 8.75. The highest BCUT2D eigenvalue weighted by Gasteiger charge is 1.96. The number of hydrogen-bond donors (Lipinski definition) is 0. The molecule has 88 valence electrons. The Morgan fingerprint density at radius 1 is 1.00 bits per heavy atom. The number of Topliss-reactive ketones (excluding diaryl/α,β-unsaturated/α-hetero) is 1. The summed E-state index contributed by atoms with van der Waals surface area (Å²) >= 11 is 0. The maximum absolute atomic E-state index is 11.1. The fraction of sp³-hybridized carbons (Fsp3) is 0.0625. The molecule has 18 heavy (non-hydrogen) atoms. The van der Waals surface area contributed by atoms with Gasteiger partial charge < -0.3 is 0 Å². The Labute approximate surface area is 110 Å². The average Bonchev–Trinajstić information content (AvgIpc) is 2.40. The molecule has 2 heteroatoms. The molecule has 0 atom stereocenters. The second kappa shape index (κ2) is 6.12. The van der Waals surface area contributed by atoms with Gasteiger partial charge in [0.15, 0.2) is 5.78 Å². The molecular weight excluding hydrogens is 236 g/mol. The van der Waals surface area contributed by atoms with Crippen molar-refractivity contribution < 1.29 is 4.79 Å². The summed E-state index contributed by atoms with van der Waals surface area (Å²) < 4.78 is 0. The highest BCUT2D eigenvalue weighted by atomic mass is 28.2. The normalized spacial score (nSPS) is 10.7. The Bertz CT molecular complexity index is 541. The molecule has 0 heterocycles. The quantitative estimate of drug-likeness (QED) is 0.602. The van der Waals surface area contributed by atoms with E-state index in [9.17, 15) is 4.79 Å². The standard InChI is InChI=1S/C16H14OSi/c1-13(17)15-9-7-14(8-10-15)11-12-18-16-5-3-2-4-6-16/h2-12H,1H3/b12-11+. The Balaban J connectivity index is 1.99. The van der Waals surface area contributed by atoms with E-state index in [1.807, 2.05) is 30.3 Å². The van der Waals surface area contributed by atoms with E-state index in [4.69, 9.17) is 0 Å². The molecule has 0 amide bonds. The third-order valence-electron chi connectivity index (χ3n) is 2.62. The maximum Gasteiger partial charge on any atom is 0.159 e. The number of hydrogen-bond acceptors (Lipinski definition) is 1. The molecule has 0 saturated heterocycles. The summed E-state index contributed by atoms with van der Waals surface area (Å²) in [6.45, 7) is 1.58. The molecule has 0 saturated carbocycles. The van der Waals surface area contributed by atoms with Crippen LogP contribution < -0.4 is 5.19 Å². The molecule has 0 aliphatic carbocycles. The summed E-state index contributed by atoms with van der Waals surface area (Å²) in [5, 5.41) is 1.33. The first-order valence-electron chi connectivity index (χ1n) is 5.85. The van der Waals surface area contributed by atoms with Gasteiger partial charge in [0.25, 0.3) is 0 Å². The monoisotopic (exact) mass is 250 g/mol. The molecule has 0 bridgehead atoms. The molecule has 1 nitrogen and oxygen atoms in total. The van der Waals surface area contributed by atoms with Crippen molar-refractivity contribution in [3.05, 3.63) is 71.4 Å². The van der Waals surface area contributed by atoms with Gasteiger partial charge in [0.2, 0.25) is 0 Å². The molecule has 2 radical (unpaired) electrons. The second-order valence-electron chi connectivity index (χ2n) is 4.02. The molecule has 0 spiro atoms. The summed E-state index contributed by atoms with van der Waals surface area (Å²) in [6.07, 6.45) is 2.09. The number of ketones is 1. The summed E-state index contributed by atoms with van der Waals surface area (Å²) in [5.41, 5.74) is 4.05. The van der Waals surface area contributed by atoms with Crippen molar-refractivity contribution >= 4 is 26.6 Å². The molecule has 0 aromatic heterocycles. The van der Waals surface area contributed by atoms with Crippen LogP contribution in [0.1, 0.15) is 22.8 Å². The van der Waals surface area contributed by atoms with Gasteiger partial charge in [0.1, 0.15) is 9.52 Å². The van der Waals surface area contributed by atoms with E-state index < -0.39 is 0 Å². The first-order valence-corrected chi connectivity index (χ1v) is 6.92. The molecule has 2 rings (SSSR count). The van der Waals surface area contributed by atoms with Crippen LogP contribution >= 0.6 is 0 Å². The van der Waals surface area contributed by atoms with Crippen molar-refractivity contribution in [2.75, 3.05) is 0 Å². The largest absolute Gasteiger partial charge is 0.295 e. The van der Waals surface area contributed by atoms with Crippen molar-refractivity contribution in [3.8, 4) is 0 Å². The molecule has 0 N–H and O–H groups in total. The minimum absolute atomic E-state index is 0.108. The molecule has 0 aliphatic rings. The van der Waals surface area contributed by atoms with Crippen LogP contribution in [0.15, 0.2) is 60.3 Å². The third kappa shape index (κ3) is 3.53. The molecule has 0 aliphatic heterocycles. The lowest BCUT2D eigenvalue weighted by molar-refractivity contribution is 0.101. The van der Waals surface area contributed by atoms with Gasteiger partial charge in [-0.1, -0.05) is 71.6 Å². The number of rotatable bonds is 4. The van der Waals surface area contributed by atoms with Crippen molar-refractivity contribution in [1.82, 2.24) is 0 Å². The zero-order chi connectivity index (χ0) is 12.8. The van der Waals surface area contributed by atoms with E-state index in [1.165, 1.54) is 5.19 Å². The zero-order valence-corrected chi connectivity index (χ0v) is 11.3. The summed E-state index contributed by atoms with van der Waals surface area (Å²) in [7, 11) is 0.675. The van der Waals surface area contributed by atoms with Gasteiger partial charge in [0, 0.05) is 5.56 Å². The van der Waals surface area contributed by atoms with Crippen LogP contribution in [0.25, 0.3) is 6.08 Å². The average molecular weight is 250 g/mol. The fourth-order valence-corrected chi connectivity index (χ4v) is 2.45. The van der Waals surface area contributed by atoms with E-state index in [0.717, 1.165) is 11.1 Å². The Morgan fingerprint density at radius 2 is 1.67 bits per heavy atom. The second-order valence-corrected chi connectivity index (χ2v) is 5.22. The Kier molecular flexibility index (Phi) is 4.26. The van der Waals surface area contributed by atoms with Crippen LogP contribution in [-0.4, -0.2) is 15.3 Å². The predicted molar refractivity (Wildman–Crippen MR) is 77.3 cm³/mol. The van der Waals surface area contributed by atoms with Crippen molar-refractivity contribution in [1.29, 1.82) is 0 Å². The van der Waals surface area contributed by atoms with Crippen LogP contribution in [0.5, 0.6) is 0 Å². The minimum atomic E-state index is 0.108. The van der Waals surface area contributed by atoms with Crippen LogP contribution in [0.2, 0.25) is 0 Å². The van der Waals surface area contributed by atoms with Gasteiger partial charge in [-0.3, -0.25) is 4.79 Å². The van der Waals surface area contributed by atoms with Crippen molar-refractivity contribution in [2.45, 2.75) is 6.92 Å². The van der Waals surface area contributed by atoms with Gasteiger partial charge in [-0.05, 0) is 12.5 Å². The highest BCUT2D eigenvalue weighted by molar-refractivity contribution is 6.59. The molecular formula is C16H14OSi. The summed E-state index contributed by atoms with van der Waals surface area (Å²) in [4.78, 5) is 11.1. The van der Waals surface area contributed by atoms with Crippen molar-refractivity contribution in [2.24, 2.45) is 0 Å². The molecule has 2 aromatic carbocycles. The lowest BCUT2D eigenvalue weighted by Crippen LogP contribution is -2.09. The molecule has 0 unspecified atom stereocenters.